The highest BCUT2D eigenvalue weighted by atomic mass is 16.5. The van der Waals surface area contributed by atoms with E-state index in [1.807, 2.05) is 67.6 Å². The predicted molar refractivity (Wildman–Crippen MR) is 119 cm³/mol. The van der Waals surface area contributed by atoms with E-state index in [9.17, 15) is 9.59 Å². The molecule has 3 aromatic carbocycles. The minimum Gasteiger partial charge on any atom is -0.497 e. The highest BCUT2D eigenvalue weighted by Gasteiger charge is 2.20. The van der Waals surface area contributed by atoms with Gasteiger partial charge in [0, 0.05) is 28.4 Å². The van der Waals surface area contributed by atoms with Crippen LogP contribution in [0.15, 0.2) is 83.7 Å². The van der Waals surface area contributed by atoms with Crippen molar-refractivity contribution in [3.05, 3.63) is 106 Å². The highest BCUT2D eigenvalue weighted by molar-refractivity contribution is 6.06. The van der Waals surface area contributed by atoms with Gasteiger partial charge in [-0.15, -0.1) is 0 Å². The number of carbonyl (C=O) groups excluding carboxylic acids is 1. The van der Waals surface area contributed by atoms with Crippen molar-refractivity contribution in [1.29, 1.82) is 0 Å². The number of aromatic nitrogens is 1. The van der Waals surface area contributed by atoms with Crippen LogP contribution in [0.4, 0.5) is 5.69 Å². The zero-order valence-electron chi connectivity index (χ0n) is 16.9. The number of nitrogens with zero attached hydrogens (tertiary/aromatic N) is 1. The molecule has 30 heavy (non-hydrogen) atoms. The first kappa shape index (κ1) is 19.5. The molecule has 0 unspecified atom stereocenters. The number of carbonyl (C=O) groups is 1. The SMILES string of the molecule is COc1cccc(N(Cc2cc3cc(C)ccc3[nH]c2=O)C(=O)c2ccccc2)c1. The summed E-state index contributed by atoms with van der Waals surface area (Å²) in [6.45, 7) is 2.14. The van der Waals surface area contributed by atoms with Gasteiger partial charge in [-0.2, -0.15) is 0 Å². The van der Waals surface area contributed by atoms with Gasteiger partial charge in [-0.3, -0.25) is 9.59 Å². The van der Waals surface area contributed by atoms with E-state index in [1.165, 1.54) is 0 Å². The van der Waals surface area contributed by atoms with Crippen molar-refractivity contribution in [2.24, 2.45) is 0 Å². The Morgan fingerprint density at radius 1 is 0.967 bits per heavy atom. The molecule has 0 saturated carbocycles. The van der Waals surface area contributed by atoms with Crippen LogP contribution >= 0.6 is 0 Å². The number of aryl methyl sites for hydroxylation is 1. The number of H-pyrrole nitrogens is 1. The third kappa shape index (κ3) is 3.96. The van der Waals surface area contributed by atoms with Crippen LogP contribution in [0, 0.1) is 6.92 Å². The number of hydrogen-bond donors (Lipinski definition) is 1. The van der Waals surface area contributed by atoms with Crippen molar-refractivity contribution in [3.63, 3.8) is 0 Å². The van der Waals surface area contributed by atoms with Gasteiger partial charge in [-0.1, -0.05) is 35.9 Å². The number of pyridine rings is 1. The van der Waals surface area contributed by atoms with Crippen LogP contribution in [0.1, 0.15) is 21.5 Å². The van der Waals surface area contributed by atoms with E-state index in [4.69, 9.17) is 4.74 Å². The molecule has 0 spiro atoms. The fourth-order valence-corrected chi connectivity index (χ4v) is 3.45. The number of fused-ring (bicyclic) bond motifs is 1. The molecule has 1 N–H and O–H groups in total. The lowest BCUT2D eigenvalue weighted by atomic mass is 10.1. The van der Waals surface area contributed by atoms with E-state index in [0.29, 0.717) is 22.6 Å². The molecule has 0 saturated heterocycles. The average Bonchev–Trinajstić information content (AvgIpc) is 2.78. The third-order valence-corrected chi connectivity index (χ3v) is 5.04. The molecule has 0 atom stereocenters. The van der Waals surface area contributed by atoms with Gasteiger partial charge in [0.05, 0.1) is 13.7 Å². The number of nitrogens with one attached hydrogen (secondary N) is 1. The molecule has 0 fully saturated rings. The van der Waals surface area contributed by atoms with Crippen LogP contribution in [-0.4, -0.2) is 18.0 Å². The zero-order chi connectivity index (χ0) is 21.1. The first-order valence-corrected chi connectivity index (χ1v) is 9.69. The molecule has 1 aromatic heterocycles. The summed E-state index contributed by atoms with van der Waals surface area (Å²) in [5.41, 5.74) is 3.39. The molecule has 0 radical (unpaired) electrons. The Kier molecular flexibility index (Phi) is 5.35. The molecule has 4 rings (SSSR count). The number of hydrogen-bond acceptors (Lipinski definition) is 3. The maximum absolute atomic E-state index is 13.4. The van der Waals surface area contributed by atoms with Crippen LogP contribution in [0.5, 0.6) is 5.75 Å². The van der Waals surface area contributed by atoms with Gasteiger partial charge in [-0.25, -0.2) is 0 Å². The Balaban J connectivity index is 1.80. The minimum absolute atomic E-state index is 0.139. The molecule has 5 nitrogen and oxygen atoms in total. The molecule has 1 amide bonds. The van der Waals surface area contributed by atoms with Gasteiger partial charge in [0.1, 0.15) is 5.75 Å². The monoisotopic (exact) mass is 398 g/mol. The van der Waals surface area contributed by atoms with Gasteiger partial charge in [0.25, 0.3) is 11.5 Å². The Labute approximate surface area is 174 Å². The first-order valence-electron chi connectivity index (χ1n) is 9.69. The highest BCUT2D eigenvalue weighted by Crippen LogP contribution is 2.25. The molecule has 0 bridgehead atoms. The summed E-state index contributed by atoms with van der Waals surface area (Å²) in [5.74, 6) is 0.453. The van der Waals surface area contributed by atoms with E-state index in [-0.39, 0.29) is 18.0 Å². The van der Waals surface area contributed by atoms with E-state index in [0.717, 1.165) is 16.5 Å². The number of amides is 1. The van der Waals surface area contributed by atoms with Crippen molar-refractivity contribution in [3.8, 4) is 5.75 Å². The lowest BCUT2D eigenvalue weighted by molar-refractivity contribution is 0.0985. The molecular weight excluding hydrogens is 376 g/mol. The zero-order valence-corrected chi connectivity index (χ0v) is 16.9. The summed E-state index contributed by atoms with van der Waals surface area (Å²) in [4.78, 5) is 30.6. The largest absolute Gasteiger partial charge is 0.497 e. The molecule has 1 heterocycles. The van der Waals surface area contributed by atoms with Crippen LogP contribution in [0.25, 0.3) is 10.9 Å². The fraction of sp³-hybridized carbons (Fsp3) is 0.120. The number of anilines is 1. The first-order chi connectivity index (χ1) is 14.5. The van der Waals surface area contributed by atoms with Crippen molar-refractivity contribution in [2.75, 3.05) is 12.0 Å². The van der Waals surface area contributed by atoms with Crippen molar-refractivity contribution < 1.29 is 9.53 Å². The maximum atomic E-state index is 13.4. The number of methoxy groups -OCH3 is 1. The van der Waals surface area contributed by atoms with Crippen LogP contribution < -0.4 is 15.2 Å². The van der Waals surface area contributed by atoms with Gasteiger partial charge in [0.15, 0.2) is 0 Å². The standard InChI is InChI=1S/C25H22N2O3/c1-17-11-12-23-19(13-17)14-20(24(28)26-23)16-27(21-9-6-10-22(15-21)30-2)25(29)18-7-4-3-5-8-18/h3-15H,16H2,1-2H3,(H,26,28). The molecule has 150 valence electrons. The van der Waals surface area contributed by atoms with E-state index in [1.54, 1.807) is 30.2 Å². The Morgan fingerprint density at radius 3 is 2.53 bits per heavy atom. The van der Waals surface area contributed by atoms with Gasteiger partial charge < -0.3 is 14.6 Å². The summed E-state index contributed by atoms with van der Waals surface area (Å²) in [6.07, 6.45) is 0. The summed E-state index contributed by atoms with van der Waals surface area (Å²) < 4.78 is 5.33. The summed E-state index contributed by atoms with van der Waals surface area (Å²) in [7, 11) is 1.58. The van der Waals surface area contributed by atoms with E-state index >= 15 is 0 Å². The molecule has 0 aliphatic carbocycles. The Hall–Kier alpha value is -3.86. The molecule has 0 aliphatic rings. The number of rotatable bonds is 5. The minimum atomic E-state index is -0.208. The summed E-state index contributed by atoms with van der Waals surface area (Å²) in [6, 6.07) is 24.0. The molecule has 4 aromatic rings. The van der Waals surface area contributed by atoms with Crippen LogP contribution in [0.3, 0.4) is 0 Å². The second-order valence-electron chi connectivity index (χ2n) is 7.17. The second-order valence-corrected chi connectivity index (χ2v) is 7.17. The lowest BCUT2D eigenvalue weighted by Gasteiger charge is -2.23. The Bertz CT molecular complexity index is 1260. The smallest absolute Gasteiger partial charge is 0.258 e. The molecule has 5 heteroatoms. The topological polar surface area (TPSA) is 62.4 Å². The maximum Gasteiger partial charge on any atom is 0.258 e. The number of benzene rings is 3. The average molecular weight is 398 g/mol. The van der Waals surface area contributed by atoms with Gasteiger partial charge in [-0.05, 0) is 54.8 Å². The normalized spacial score (nSPS) is 10.7. The third-order valence-electron chi connectivity index (χ3n) is 5.04. The van der Waals surface area contributed by atoms with Crippen molar-refractivity contribution >= 4 is 22.5 Å². The van der Waals surface area contributed by atoms with Crippen molar-refractivity contribution in [1.82, 2.24) is 4.98 Å². The van der Waals surface area contributed by atoms with E-state index in [2.05, 4.69) is 4.98 Å². The number of aromatic amines is 1. The summed E-state index contributed by atoms with van der Waals surface area (Å²) in [5, 5.41) is 0.933. The summed E-state index contributed by atoms with van der Waals surface area (Å²) >= 11 is 0. The molecular formula is C25H22N2O3. The number of ether oxygens (including phenoxy) is 1. The van der Waals surface area contributed by atoms with Gasteiger partial charge >= 0.3 is 0 Å². The predicted octanol–water partition coefficient (Wildman–Crippen LogP) is 4.69. The second kappa shape index (κ2) is 8.25. The van der Waals surface area contributed by atoms with Gasteiger partial charge in [0.2, 0.25) is 0 Å². The van der Waals surface area contributed by atoms with Crippen LogP contribution in [0.2, 0.25) is 0 Å². The van der Waals surface area contributed by atoms with Crippen LogP contribution in [-0.2, 0) is 6.54 Å². The van der Waals surface area contributed by atoms with Crippen molar-refractivity contribution in [2.45, 2.75) is 13.5 Å². The molecule has 0 aliphatic heterocycles. The fourth-order valence-electron chi connectivity index (χ4n) is 3.45. The van der Waals surface area contributed by atoms with E-state index < -0.39 is 0 Å². The lowest BCUT2D eigenvalue weighted by Crippen LogP contribution is -2.32. The quantitative estimate of drug-likeness (QED) is 0.530. The Morgan fingerprint density at radius 2 is 1.77 bits per heavy atom.